The van der Waals surface area contributed by atoms with Crippen LogP contribution >= 0.6 is 23.2 Å². The van der Waals surface area contributed by atoms with Crippen LogP contribution in [-0.4, -0.2) is 29.3 Å². The summed E-state index contributed by atoms with van der Waals surface area (Å²) in [7, 11) is 1.90. The highest BCUT2D eigenvalue weighted by molar-refractivity contribution is 6.42. The van der Waals surface area contributed by atoms with Crippen LogP contribution in [0, 0.1) is 0 Å². The minimum atomic E-state index is 0.0140. The molecule has 0 atom stereocenters. The molecule has 5 heteroatoms. The fourth-order valence-corrected chi connectivity index (χ4v) is 2.16. The molecular weight excluding hydrogens is 295 g/mol. The number of carbonyl (C=O) groups excluding carboxylic acids is 1. The lowest BCUT2D eigenvalue weighted by molar-refractivity contribution is 0.0943. The summed E-state index contributed by atoms with van der Waals surface area (Å²) in [4.78, 5) is 18.1. The molecule has 0 unspecified atom stereocenters. The van der Waals surface area contributed by atoms with Crippen molar-refractivity contribution in [2.24, 2.45) is 0 Å². The van der Waals surface area contributed by atoms with Crippen LogP contribution in [0.3, 0.4) is 0 Å². The first-order chi connectivity index (χ1) is 9.56. The largest absolute Gasteiger partial charge is 0.295 e. The molecule has 2 rings (SSSR count). The monoisotopic (exact) mass is 308 g/mol. The molecule has 3 nitrogen and oxygen atoms in total. The maximum Gasteiger partial charge on any atom is 0.176 e. The van der Waals surface area contributed by atoms with Crippen LogP contribution < -0.4 is 0 Å². The van der Waals surface area contributed by atoms with Crippen molar-refractivity contribution in [1.29, 1.82) is 0 Å². The van der Waals surface area contributed by atoms with E-state index in [0.717, 1.165) is 5.56 Å². The van der Waals surface area contributed by atoms with Gasteiger partial charge in [-0.2, -0.15) is 0 Å². The van der Waals surface area contributed by atoms with Gasteiger partial charge in [0, 0.05) is 24.5 Å². The maximum atomic E-state index is 12.2. The second-order valence-electron chi connectivity index (χ2n) is 4.58. The fraction of sp³-hybridized carbons (Fsp3) is 0.200. The van der Waals surface area contributed by atoms with Gasteiger partial charge in [-0.05, 0) is 42.9 Å². The second-order valence-corrected chi connectivity index (χ2v) is 5.39. The van der Waals surface area contributed by atoms with E-state index < -0.39 is 0 Å². The van der Waals surface area contributed by atoms with E-state index in [0.29, 0.717) is 28.7 Å². The van der Waals surface area contributed by atoms with Crippen molar-refractivity contribution in [3.8, 4) is 0 Å². The van der Waals surface area contributed by atoms with E-state index >= 15 is 0 Å². The predicted molar refractivity (Wildman–Crippen MR) is 81.4 cm³/mol. The Hall–Kier alpha value is -1.42. The number of likely N-dealkylation sites (N-methyl/N-ethyl adjacent to an activating group) is 1. The van der Waals surface area contributed by atoms with Crippen LogP contribution in [-0.2, 0) is 6.54 Å². The molecule has 0 aliphatic heterocycles. The first kappa shape index (κ1) is 15.0. The van der Waals surface area contributed by atoms with E-state index in [1.165, 1.54) is 0 Å². The first-order valence-corrected chi connectivity index (χ1v) is 6.87. The summed E-state index contributed by atoms with van der Waals surface area (Å²) in [6.07, 6.45) is 3.48. The number of hydrogen-bond acceptors (Lipinski definition) is 3. The third-order valence-corrected chi connectivity index (χ3v) is 3.60. The number of Topliss-reactive ketones (excluding diaryl/α,β-unsaturated/α-hetero) is 1. The van der Waals surface area contributed by atoms with Gasteiger partial charge in [-0.1, -0.05) is 23.2 Å². The van der Waals surface area contributed by atoms with Crippen LogP contribution in [0.25, 0.3) is 0 Å². The van der Waals surface area contributed by atoms with Gasteiger partial charge >= 0.3 is 0 Å². The van der Waals surface area contributed by atoms with Crippen molar-refractivity contribution < 1.29 is 4.79 Å². The number of hydrogen-bond donors (Lipinski definition) is 0. The average molecular weight is 309 g/mol. The summed E-state index contributed by atoms with van der Waals surface area (Å²) in [5.41, 5.74) is 1.69. The number of carbonyl (C=O) groups is 1. The zero-order chi connectivity index (χ0) is 14.5. The molecule has 0 radical (unpaired) electrons. The van der Waals surface area contributed by atoms with Gasteiger partial charge in [-0.15, -0.1) is 0 Å². The molecule has 0 aliphatic rings. The minimum Gasteiger partial charge on any atom is -0.295 e. The molecule has 0 spiro atoms. The molecule has 0 saturated carbocycles. The Morgan fingerprint density at radius 3 is 2.50 bits per heavy atom. The van der Waals surface area contributed by atoms with Crippen molar-refractivity contribution in [3.63, 3.8) is 0 Å². The lowest BCUT2D eigenvalue weighted by Gasteiger charge is -2.15. The van der Waals surface area contributed by atoms with Crippen LogP contribution in [0.15, 0.2) is 42.7 Å². The highest BCUT2D eigenvalue weighted by atomic mass is 35.5. The van der Waals surface area contributed by atoms with E-state index in [4.69, 9.17) is 23.2 Å². The van der Waals surface area contributed by atoms with Crippen molar-refractivity contribution >= 4 is 29.0 Å². The summed E-state index contributed by atoms with van der Waals surface area (Å²) in [5.74, 6) is 0.0140. The van der Waals surface area contributed by atoms with Crippen molar-refractivity contribution in [3.05, 3.63) is 63.9 Å². The Kier molecular flexibility index (Phi) is 5.12. The number of ketones is 1. The van der Waals surface area contributed by atoms with Gasteiger partial charge in [0.05, 0.1) is 16.6 Å². The minimum absolute atomic E-state index is 0.0140. The molecule has 1 aromatic heterocycles. The third-order valence-electron chi connectivity index (χ3n) is 2.86. The molecule has 0 fully saturated rings. The number of aromatic nitrogens is 1. The van der Waals surface area contributed by atoms with E-state index in [-0.39, 0.29) is 5.78 Å². The number of halogens is 2. The van der Waals surface area contributed by atoms with Crippen LogP contribution in [0.4, 0.5) is 0 Å². The summed E-state index contributed by atoms with van der Waals surface area (Å²) < 4.78 is 0. The Balaban J connectivity index is 1.98. The Bertz CT molecular complexity index is 602. The molecular formula is C15H14Cl2N2O. The zero-order valence-electron chi connectivity index (χ0n) is 11.0. The molecule has 1 aromatic carbocycles. The van der Waals surface area contributed by atoms with Crippen molar-refractivity contribution in [2.45, 2.75) is 6.54 Å². The van der Waals surface area contributed by atoms with Crippen molar-refractivity contribution in [2.75, 3.05) is 13.6 Å². The van der Waals surface area contributed by atoms with E-state index in [1.807, 2.05) is 24.1 Å². The topological polar surface area (TPSA) is 33.2 Å². The standard InChI is InChI=1S/C15H14Cl2N2O/c1-19(9-11-4-6-18-7-5-11)10-15(20)12-2-3-13(16)14(17)8-12/h2-8H,9-10H2,1H3. The molecule has 2 aromatic rings. The average Bonchev–Trinajstić information content (AvgIpc) is 2.42. The molecule has 0 bridgehead atoms. The summed E-state index contributed by atoms with van der Waals surface area (Å²) in [6.45, 7) is 1.01. The van der Waals surface area contributed by atoms with Crippen LogP contribution in [0.2, 0.25) is 10.0 Å². The molecule has 20 heavy (non-hydrogen) atoms. The van der Waals surface area contributed by atoms with E-state index in [1.54, 1.807) is 30.6 Å². The van der Waals surface area contributed by atoms with Gasteiger partial charge in [-0.25, -0.2) is 0 Å². The van der Waals surface area contributed by atoms with Gasteiger partial charge in [0.25, 0.3) is 0 Å². The van der Waals surface area contributed by atoms with Gasteiger partial charge in [0.15, 0.2) is 5.78 Å². The summed E-state index contributed by atoms with van der Waals surface area (Å²) in [6, 6.07) is 8.80. The van der Waals surface area contributed by atoms with Crippen LogP contribution in [0.5, 0.6) is 0 Å². The lowest BCUT2D eigenvalue weighted by Crippen LogP contribution is -2.25. The fourth-order valence-electron chi connectivity index (χ4n) is 1.86. The van der Waals surface area contributed by atoms with Gasteiger partial charge in [0.2, 0.25) is 0 Å². The van der Waals surface area contributed by atoms with E-state index in [2.05, 4.69) is 4.98 Å². The SMILES string of the molecule is CN(CC(=O)c1ccc(Cl)c(Cl)c1)Cc1ccncc1. The first-order valence-electron chi connectivity index (χ1n) is 6.12. The summed E-state index contributed by atoms with van der Waals surface area (Å²) in [5, 5.41) is 0.850. The maximum absolute atomic E-state index is 12.2. The van der Waals surface area contributed by atoms with Gasteiger partial charge in [-0.3, -0.25) is 14.7 Å². The molecule has 1 heterocycles. The third kappa shape index (κ3) is 4.04. The zero-order valence-corrected chi connectivity index (χ0v) is 12.5. The number of rotatable bonds is 5. The number of nitrogens with zero attached hydrogens (tertiary/aromatic N) is 2. The highest BCUT2D eigenvalue weighted by Crippen LogP contribution is 2.22. The van der Waals surface area contributed by atoms with Gasteiger partial charge < -0.3 is 0 Å². The lowest BCUT2D eigenvalue weighted by atomic mass is 10.1. The quantitative estimate of drug-likeness (QED) is 0.790. The number of benzene rings is 1. The van der Waals surface area contributed by atoms with E-state index in [9.17, 15) is 4.79 Å². The normalized spacial score (nSPS) is 10.8. The summed E-state index contributed by atoms with van der Waals surface area (Å²) >= 11 is 11.8. The Labute approximate surface area is 128 Å². The van der Waals surface area contributed by atoms with Gasteiger partial charge in [0.1, 0.15) is 0 Å². The Morgan fingerprint density at radius 2 is 1.85 bits per heavy atom. The molecule has 104 valence electrons. The predicted octanol–water partition coefficient (Wildman–Crippen LogP) is 3.70. The van der Waals surface area contributed by atoms with Crippen molar-refractivity contribution in [1.82, 2.24) is 9.88 Å². The van der Waals surface area contributed by atoms with Crippen LogP contribution in [0.1, 0.15) is 15.9 Å². The molecule has 0 saturated heterocycles. The molecule has 0 amide bonds. The molecule has 0 N–H and O–H groups in total. The smallest absolute Gasteiger partial charge is 0.176 e. The Morgan fingerprint density at radius 1 is 1.15 bits per heavy atom. The highest BCUT2D eigenvalue weighted by Gasteiger charge is 2.11. The number of pyridine rings is 1. The second kappa shape index (κ2) is 6.84. The molecule has 0 aliphatic carbocycles.